The lowest BCUT2D eigenvalue weighted by Gasteiger charge is -2.10. The zero-order valence-corrected chi connectivity index (χ0v) is 6.80. The first-order chi connectivity index (χ1) is 5.70. The van der Waals surface area contributed by atoms with Gasteiger partial charge in [0, 0.05) is 0 Å². The van der Waals surface area contributed by atoms with Crippen LogP contribution in [0.2, 0.25) is 0 Å². The SMILES string of the molecule is O=S1(=O)N=CNc2cc[c]cc21. The lowest BCUT2D eigenvalue weighted by atomic mass is 10.3. The quantitative estimate of drug-likeness (QED) is 0.638. The van der Waals surface area contributed by atoms with E-state index in [-0.39, 0.29) is 4.90 Å². The van der Waals surface area contributed by atoms with Crippen LogP contribution in [0.25, 0.3) is 0 Å². The number of benzene rings is 1. The van der Waals surface area contributed by atoms with Gasteiger partial charge in [0.2, 0.25) is 0 Å². The molecule has 0 amide bonds. The first kappa shape index (κ1) is 7.30. The van der Waals surface area contributed by atoms with E-state index in [1.165, 1.54) is 6.07 Å². The summed E-state index contributed by atoms with van der Waals surface area (Å²) in [4.78, 5) is 0.174. The minimum atomic E-state index is -3.47. The molecule has 0 spiro atoms. The van der Waals surface area contributed by atoms with E-state index in [2.05, 4.69) is 15.8 Å². The maximum absolute atomic E-state index is 11.2. The minimum Gasteiger partial charge on any atom is -0.345 e. The average molecular weight is 181 g/mol. The van der Waals surface area contributed by atoms with Crippen molar-refractivity contribution in [3.63, 3.8) is 0 Å². The summed E-state index contributed by atoms with van der Waals surface area (Å²) >= 11 is 0. The maximum Gasteiger partial charge on any atom is 0.285 e. The van der Waals surface area contributed by atoms with E-state index in [0.717, 1.165) is 6.34 Å². The van der Waals surface area contributed by atoms with Gasteiger partial charge in [-0.15, -0.1) is 4.40 Å². The van der Waals surface area contributed by atoms with Crippen LogP contribution in [0.5, 0.6) is 0 Å². The predicted molar refractivity (Wildman–Crippen MR) is 44.6 cm³/mol. The molecule has 12 heavy (non-hydrogen) atoms. The molecular weight excluding hydrogens is 176 g/mol. The van der Waals surface area contributed by atoms with Crippen LogP contribution < -0.4 is 5.32 Å². The zero-order valence-electron chi connectivity index (χ0n) is 5.98. The zero-order chi connectivity index (χ0) is 8.60. The molecule has 1 heterocycles. The molecule has 1 N–H and O–H groups in total. The van der Waals surface area contributed by atoms with Gasteiger partial charge >= 0.3 is 0 Å². The van der Waals surface area contributed by atoms with Gasteiger partial charge in [0.05, 0.1) is 5.69 Å². The Bertz CT molecular complexity index is 436. The van der Waals surface area contributed by atoms with Gasteiger partial charge in [0.1, 0.15) is 11.2 Å². The third-order valence-electron chi connectivity index (χ3n) is 1.52. The van der Waals surface area contributed by atoms with Gasteiger partial charge < -0.3 is 5.32 Å². The number of fused-ring (bicyclic) bond motifs is 1. The van der Waals surface area contributed by atoms with E-state index in [1.807, 2.05) is 0 Å². The van der Waals surface area contributed by atoms with Crippen molar-refractivity contribution in [3.05, 3.63) is 24.3 Å². The largest absolute Gasteiger partial charge is 0.345 e. The van der Waals surface area contributed by atoms with E-state index < -0.39 is 10.0 Å². The predicted octanol–water partition coefficient (Wildman–Crippen LogP) is 0.629. The molecule has 0 fully saturated rings. The van der Waals surface area contributed by atoms with Crippen LogP contribution in [0, 0.1) is 6.07 Å². The van der Waals surface area contributed by atoms with E-state index in [0.29, 0.717) is 5.69 Å². The van der Waals surface area contributed by atoms with E-state index in [1.54, 1.807) is 12.1 Å². The number of nitrogens with zero attached hydrogens (tertiary/aromatic N) is 1. The average Bonchev–Trinajstić information content (AvgIpc) is 2.04. The standard InChI is InChI=1S/C7H5N2O2S/c10-12(11)7-4-2-1-3-6(7)8-5-9-12/h1,3-5H,(H,8,9). The van der Waals surface area contributed by atoms with Gasteiger partial charge in [-0.25, -0.2) is 0 Å². The Kier molecular flexibility index (Phi) is 1.41. The number of rotatable bonds is 0. The molecule has 61 valence electrons. The van der Waals surface area contributed by atoms with Crippen molar-refractivity contribution in [3.8, 4) is 0 Å². The maximum atomic E-state index is 11.2. The van der Waals surface area contributed by atoms with Crippen LogP contribution in [0.3, 0.4) is 0 Å². The molecule has 0 unspecified atom stereocenters. The molecule has 2 rings (SSSR count). The second-order valence-corrected chi connectivity index (χ2v) is 3.88. The van der Waals surface area contributed by atoms with Crippen molar-refractivity contribution in [1.29, 1.82) is 0 Å². The van der Waals surface area contributed by atoms with Gasteiger partial charge in [-0.2, -0.15) is 8.42 Å². The van der Waals surface area contributed by atoms with Crippen LogP contribution in [-0.4, -0.2) is 14.8 Å². The summed E-state index contributed by atoms with van der Waals surface area (Å²) in [6, 6.07) is 7.36. The smallest absolute Gasteiger partial charge is 0.285 e. The van der Waals surface area contributed by atoms with E-state index in [9.17, 15) is 8.42 Å². The molecule has 1 aliphatic rings. The molecule has 0 atom stereocenters. The molecule has 1 radical (unpaired) electrons. The summed E-state index contributed by atoms with van der Waals surface area (Å²) in [7, 11) is -3.47. The summed E-state index contributed by atoms with van der Waals surface area (Å²) in [5.41, 5.74) is 0.545. The fourth-order valence-electron chi connectivity index (χ4n) is 0.970. The lowest BCUT2D eigenvalue weighted by molar-refractivity contribution is 0.598. The van der Waals surface area contributed by atoms with E-state index in [4.69, 9.17) is 0 Å². The van der Waals surface area contributed by atoms with Gasteiger partial charge in [-0.3, -0.25) is 0 Å². The highest BCUT2D eigenvalue weighted by molar-refractivity contribution is 7.90. The minimum absolute atomic E-state index is 0.174. The Balaban J connectivity index is 2.75. The Morgan fingerprint density at radius 3 is 3.08 bits per heavy atom. The highest BCUT2D eigenvalue weighted by atomic mass is 32.2. The molecule has 1 aliphatic heterocycles. The number of sulfonamides is 1. The Morgan fingerprint density at radius 2 is 2.33 bits per heavy atom. The number of hydrogen-bond acceptors (Lipinski definition) is 3. The second-order valence-electron chi connectivity index (χ2n) is 2.28. The third-order valence-corrected chi connectivity index (χ3v) is 2.79. The summed E-state index contributed by atoms with van der Waals surface area (Å²) in [5, 5.41) is 2.73. The van der Waals surface area contributed by atoms with Crippen molar-refractivity contribution < 1.29 is 8.42 Å². The van der Waals surface area contributed by atoms with Crippen molar-refractivity contribution in [2.24, 2.45) is 4.40 Å². The Morgan fingerprint density at radius 1 is 1.50 bits per heavy atom. The molecule has 1 aromatic rings. The summed E-state index contributed by atoms with van der Waals surface area (Å²) in [6.07, 6.45) is 1.16. The number of hydrogen-bond donors (Lipinski definition) is 1. The fraction of sp³-hybridized carbons (Fsp3) is 0. The number of nitrogens with one attached hydrogen (secondary N) is 1. The van der Waals surface area contributed by atoms with Crippen LogP contribution >= 0.6 is 0 Å². The fourth-order valence-corrected chi connectivity index (χ4v) is 1.90. The summed E-state index contributed by atoms with van der Waals surface area (Å²) < 4.78 is 25.7. The lowest BCUT2D eigenvalue weighted by Crippen LogP contribution is -2.10. The monoisotopic (exact) mass is 181 g/mol. The molecular formula is C7H5N2O2S. The third kappa shape index (κ3) is 0.984. The van der Waals surface area contributed by atoms with Gasteiger partial charge in [-0.05, 0) is 18.2 Å². The normalized spacial score (nSPS) is 18.0. The highest BCUT2D eigenvalue weighted by Gasteiger charge is 2.18. The van der Waals surface area contributed by atoms with Crippen molar-refractivity contribution in [2.75, 3.05) is 5.32 Å². The first-order valence-corrected chi connectivity index (χ1v) is 4.70. The number of anilines is 1. The first-order valence-electron chi connectivity index (χ1n) is 3.25. The summed E-state index contributed by atoms with van der Waals surface area (Å²) in [5.74, 6) is 0. The Labute approximate surface area is 70.0 Å². The van der Waals surface area contributed by atoms with Crippen molar-refractivity contribution >= 4 is 22.0 Å². The topological polar surface area (TPSA) is 58.5 Å². The van der Waals surface area contributed by atoms with Gasteiger partial charge in [-0.1, -0.05) is 6.07 Å². The molecule has 0 bridgehead atoms. The van der Waals surface area contributed by atoms with Gasteiger partial charge in [0.25, 0.3) is 10.0 Å². The van der Waals surface area contributed by atoms with Gasteiger partial charge in [0.15, 0.2) is 0 Å². The molecule has 0 aliphatic carbocycles. The molecule has 5 heteroatoms. The molecule has 1 aromatic carbocycles. The van der Waals surface area contributed by atoms with Crippen molar-refractivity contribution in [1.82, 2.24) is 0 Å². The Hall–Kier alpha value is -1.36. The molecule has 0 aromatic heterocycles. The second kappa shape index (κ2) is 2.31. The van der Waals surface area contributed by atoms with E-state index >= 15 is 0 Å². The van der Waals surface area contributed by atoms with Crippen molar-refractivity contribution in [2.45, 2.75) is 4.90 Å². The van der Waals surface area contributed by atoms with Crippen LogP contribution in [0.1, 0.15) is 0 Å². The summed E-state index contributed by atoms with van der Waals surface area (Å²) in [6.45, 7) is 0. The molecule has 0 saturated carbocycles. The van der Waals surface area contributed by atoms with Crippen LogP contribution in [0.4, 0.5) is 5.69 Å². The van der Waals surface area contributed by atoms with Crippen LogP contribution in [0.15, 0.2) is 27.5 Å². The van der Waals surface area contributed by atoms with Crippen LogP contribution in [-0.2, 0) is 10.0 Å². The highest BCUT2D eigenvalue weighted by Crippen LogP contribution is 2.24. The molecule has 0 saturated heterocycles. The molecule has 4 nitrogen and oxygen atoms in total.